The van der Waals surface area contributed by atoms with Crippen LogP contribution in [0.15, 0.2) is 55.0 Å². The third-order valence-corrected chi connectivity index (χ3v) is 5.37. The molecule has 0 radical (unpaired) electrons. The molecule has 0 aliphatic rings. The Balaban J connectivity index is 1.76. The summed E-state index contributed by atoms with van der Waals surface area (Å²) in [6, 6.07) is 13.6. The van der Waals surface area contributed by atoms with Gasteiger partial charge < -0.3 is 9.47 Å². The van der Waals surface area contributed by atoms with Crippen LogP contribution in [0.5, 0.6) is 11.5 Å². The highest BCUT2D eigenvalue weighted by Gasteiger charge is 2.25. The molecule has 0 saturated heterocycles. The van der Waals surface area contributed by atoms with Gasteiger partial charge in [-0.2, -0.15) is 0 Å². The van der Waals surface area contributed by atoms with Crippen molar-refractivity contribution in [1.82, 2.24) is 9.97 Å². The van der Waals surface area contributed by atoms with Crippen molar-refractivity contribution in [3.05, 3.63) is 81.9 Å². The first-order valence-corrected chi connectivity index (χ1v) is 10.4. The van der Waals surface area contributed by atoms with Crippen LogP contribution in [-0.4, -0.2) is 22.5 Å². The highest BCUT2D eigenvalue weighted by molar-refractivity contribution is 6.37. The van der Waals surface area contributed by atoms with E-state index in [0.29, 0.717) is 34.9 Å². The van der Waals surface area contributed by atoms with E-state index in [2.05, 4.69) is 23.8 Å². The lowest BCUT2D eigenvalue weighted by Crippen LogP contribution is -2.19. The minimum absolute atomic E-state index is 0.316. The third-order valence-electron chi connectivity index (χ3n) is 4.65. The summed E-state index contributed by atoms with van der Waals surface area (Å²) in [5.41, 5.74) is 2.60. The average molecular weight is 452 g/mol. The van der Waals surface area contributed by atoms with Crippen LogP contribution in [0.3, 0.4) is 0 Å². The van der Waals surface area contributed by atoms with Gasteiger partial charge in [0.25, 0.3) is 0 Å². The minimum Gasteiger partial charge on any atom is -0.489 e. The summed E-state index contributed by atoms with van der Waals surface area (Å²) in [4.78, 5) is 8.05. The molecular weight excluding hydrogens is 431 g/mol. The second kappa shape index (κ2) is 9.66. The third kappa shape index (κ3) is 5.33. The Morgan fingerprint density at radius 3 is 2.21 bits per heavy atom. The molecule has 152 valence electrons. The first-order valence-electron chi connectivity index (χ1n) is 9.08. The molecule has 0 aliphatic heterocycles. The molecule has 0 unspecified atom stereocenters. The van der Waals surface area contributed by atoms with Gasteiger partial charge in [0.05, 0.1) is 21.6 Å². The van der Waals surface area contributed by atoms with Gasteiger partial charge >= 0.3 is 0 Å². The van der Waals surface area contributed by atoms with Crippen molar-refractivity contribution in [2.45, 2.75) is 25.9 Å². The first kappa shape index (κ1) is 21.7. The molecule has 0 aliphatic carbocycles. The first-order chi connectivity index (χ1) is 13.9. The molecule has 0 atom stereocenters. The van der Waals surface area contributed by atoms with Crippen LogP contribution >= 0.6 is 34.8 Å². The SMILES string of the molecule is CC(C)(c1ccc(OCc2ccncn2)cc1)c1cc(Cl)c(OCCCl)c(Cl)c1. The van der Waals surface area contributed by atoms with Gasteiger partial charge in [-0.3, -0.25) is 0 Å². The second-order valence-electron chi connectivity index (χ2n) is 6.95. The number of alkyl halides is 1. The van der Waals surface area contributed by atoms with E-state index in [0.717, 1.165) is 22.6 Å². The summed E-state index contributed by atoms with van der Waals surface area (Å²) >= 11 is 18.5. The van der Waals surface area contributed by atoms with Crippen LogP contribution in [0.25, 0.3) is 0 Å². The molecule has 0 spiro atoms. The van der Waals surface area contributed by atoms with Crippen molar-refractivity contribution in [2.75, 3.05) is 12.5 Å². The van der Waals surface area contributed by atoms with Crippen LogP contribution < -0.4 is 9.47 Å². The van der Waals surface area contributed by atoms with Gasteiger partial charge in [-0.25, -0.2) is 9.97 Å². The molecule has 0 N–H and O–H groups in total. The zero-order valence-electron chi connectivity index (χ0n) is 16.2. The Morgan fingerprint density at radius 1 is 0.931 bits per heavy atom. The van der Waals surface area contributed by atoms with E-state index in [9.17, 15) is 0 Å². The van der Waals surface area contributed by atoms with Crippen molar-refractivity contribution in [3.63, 3.8) is 0 Å². The van der Waals surface area contributed by atoms with E-state index in [4.69, 9.17) is 44.3 Å². The summed E-state index contributed by atoms with van der Waals surface area (Å²) in [6.07, 6.45) is 3.20. The van der Waals surface area contributed by atoms with Gasteiger partial charge in [-0.1, -0.05) is 49.2 Å². The van der Waals surface area contributed by atoms with E-state index in [1.807, 2.05) is 42.5 Å². The molecule has 2 aromatic carbocycles. The lowest BCUT2D eigenvalue weighted by Gasteiger charge is -2.27. The molecule has 1 aromatic heterocycles. The van der Waals surface area contributed by atoms with Crippen molar-refractivity contribution < 1.29 is 9.47 Å². The van der Waals surface area contributed by atoms with Crippen molar-refractivity contribution >= 4 is 34.8 Å². The van der Waals surface area contributed by atoms with Gasteiger partial charge in [0, 0.05) is 11.6 Å². The maximum absolute atomic E-state index is 6.41. The fourth-order valence-electron chi connectivity index (χ4n) is 2.89. The molecule has 7 heteroatoms. The quantitative estimate of drug-likeness (QED) is 0.377. The largest absolute Gasteiger partial charge is 0.489 e. The lowest BCUT2D eigenvalue weighted by molar-refractivity contribution is 0.301. The van der Waals surface area contributed by atoms with E-state index in [1.165, 1.54) is 6.33 Å². The number of aromatic nitrogens is 2. The van der Waals surface area contributed by atoms with Crippen molar-refractivity contribution in [2.24, 2.45) is 0 Å². The zero-order chi connectivity index (χ0) is 20.9. The Labute approximate surface area is 185 Å². The van der Waals surface area contributed by atoms with Gasteiger partial charge in [-0.15, -0.1) is 11.6 Å². The van der Waals surface area contributed by atoms with Gasteiger partial charge in [0.1, 0.15) is 25.3 Å². The van der Waals surface area contributed by atoms with Crippen LogP contribution in [0.2, 0.25) is 10.0 Å². The molecular formula is C22H21Cl3N2O2. The monoisotopic (exact) mass is 450 g/mol. The summed E-state index contributed by atoms with van der Waals surface area (Å²) in [5, 5.41) is 0.936. The van der Waals surface area contributed by atoms with Crippen LogP contribution in [-0.2, 0) is 12.0 Å². The number of nitrogens with zero attached hydrogens (tertiary/aromatic N) is 2. The summed E-state index contributed by atoms with van der Waals surface area (Å²) in [5.74, 6) is 1.59. The van der Waals surface area contributed by atoms with Gasteiger partial charge in [0.15, 0.2) is 5.75 Å². The zero-order valence-corrected chi connectivity index (χ0v) is 18.4. The van der Waals surface area contributed by atoms with Gasteiger partial charge in [0.2, 0.25) is 0 Å². The molecule has 3 aromatic rings. The Hall–Kier alpha value is -2.01. The maximum Gasteiger partial charge on any atom is 0.156 e. The molecule has 1 heterocycles. The van der Waals surface area contributed by atoms with Crippen LogP contribution in [0.4, 0.5) is 0 Å². The van der Waals surface area contributed by atoms with Crippen molar-refractivity contribution in [3.8, 4) is 11.5 Å². The Morgan fingerprint density at radius 2 is 1.62 bits per heavy atom. The summed E-state index contributed by atoms with van der Waals surface area (Å²) < 4.78 is 11.3. The van der Waals surface area contributed by atoms with Crippen LogP contribution in [0.1, 0.15) is 30.7 Å². The molecule has 0 amide bonds. The number of hydrogen-bond acceptors (Lipinski definition) is 4. The van der Waals surface area contributed by atoms with E-state index >= 15 is 0 Å². The molecule has 0 bridgehead atoms. The maximum atomic E-state index is 6.41. The fraction of sp³-hybridized carbons (Fsp3) is 0.273. The molecule has 3 rings (SSSR count). The highest BCUT2D eigenvalue weighted by Crippen LogP contribution is 2.40. The van der Waals surface area contributed by atoms with E-state index in [-0.39, 0.29) is 5.41 Å². The molecule has 4 nitrogen and oxygen atoms in total. The normalized spacial score (nSPS) is 11.3. The number of rotatable bonds is 8. The highest BCUT2D eigenvalue weighted by atomic mass is 35.5. The van der Waals surface area contributed by atoms with Gasteiger partial charge in [-0.05, 0) is 41.5 Å². The topological polar surface area (TPSA) is 44.2 Å². The average Bonchev–Trinajstić information content (AvgIpc) is 2.72. The summed E-state index contributed by atoms with van der Waals surface area (Å²) in [7, 11) is 0. The summed E-state index contributed by atoms with van der Waals surface area (Å²) in [6.45, 7) is 4.97. The van der Waals surface area contributed by atoms with Crippen LogP contribution in [0, 0.1) is 0 Å². The number of ether oxygens (including phenoxy) is 2. The number of benzene rings is 2. The molecule has 29 heavy (non-hydrogen) atoms. The number of hydrogen-bond donors (Lipinski definition) is 0. The minimum atomic E-state index is -0.316. The smallest absolute Gasteiger partial charge is 0.156 e. The molecule has 0 fully saturated rings. The van der Waals surface area contributed by atoms with Crippen molar-refractivity contribution in [1.29, 1.82) is 0 Å². The standard InChI is InChI=1S/C22H21Cl3N2O2/c1-22(2,16-11-19(24)21(20(25)12-16)28-10-8-23)15-3-5-18(6-4-15)29-13-17-7-9-26-14-27-17/h3-7,9,11-12,14H,8,10,13H2,1-2H3. The van der Waals surface area contributed by atoms with E-state index < -0.39 is 0 Å². The Kier molecular flexibility index (Phi) is 7.23. The number of halogens is 3. The Bertz CT molecular complexity index is 925. The fourth-order valence-corrected chi connectivity index (χ4v) is 3.57. The van der Waals surface area contributed by atoms with E-state index in [1.54, 1.807) is 6.20 Å². The molecule has 0 saturated carbocycles. The predicted octanol–water partition coefficient (Wildman–Crippen LogP) is 6.31. The predicted molar refractivity (Wildman–Crippen MR) is 118 cm³/mol. The lowest BCUT2D eigenvalue weighted by atomic mass is 9.78. The second-order valence-corrected chi connectivity index (χ2v) is 8.14.